The molecule has 1 aromatic carbocycles. The number of hydrogen-bond donors (Lipinski definition) is 1. The van der Waals surface area contributed by atoms with Gasteiger partial charge in [0.1, 0.15) is 5.82 Å². The van der Waals surface area contributed by atoms with Crippen LogP contribution in [-0.4, -0.2) is 79.3 Å². The van der Waals surface area contributed by atoms with Crippen LogP contribution >= 0.6 is 0 Å². The number of likely N-dealkylation sites (N-methyl/N-ethyl adjacent to an activating group) is 1. The highest BCUT2D eigenvalue weighted by molar-refractivity contribution is 5.65. The van der Waals surface area contributed by atoms with Crippen LogP contribution in [0, 0.1) is 0 Å². The second kappa shape index (κ2) is 8.43. The Hall–Kier alpha value is -2.22. The van der Waals surface area contributed by atoms with Crippen molar-refractivity contribution in [1.29, 1.82) is 0 Å². The summed E-state index contributed by atoms with van der Waals surface area (Å²) in [7, 11) is 2.15. The van der Waals surface area contributed by atoms with Gasteiger partial charge in [-0.25, -0.2) is 4.98 Å². The average molecular weight is 383 g/mol. The lowest BCUT2D eigenvalue weighted by molar-refractivity contribution is 0.0198. The van der Waals surface area contributed by atoms with Gasteiger partial charge in [0.05, 0.1) is 18.9 Å². The number of nitrogens with zero attached hydrogens (tertiary/aromatic N) is 5. The van der Waals surface area contributed by atoms with Gasteiger partial charge in [0, 0.05) is 56.9 Å². The number of hydrogen-bond acceptors (Lipinski definition) is 7. The lowest BCUT2D eigenvalue weighted by Crippen LogP contribution is -2.44. The Labute approximate surface area is 167 Å². The number of ether oxygens (including phenoxy) is 1. The number of rotatable bonds is 4. The molecule has 0 saturated carbocycles. The third-order valence-electron chi connectivity index (χ3n) is 5.84. The van der Waals surface area contributed by atoms with E-state index in [4.69, 9.17) is 10.5 Å². The number of piperazine rings is 1. The lowest BCUT2D eigenvalue weighted by atomic mass is 10.0. The predicted molar refractivity (Wildman–Crippen MR) is 112 cm³/mol. The van der Waals surface area contributed by atoms with Crippen molar-refractivity contribution in [1.82, 2.24) is 19.8 Å². The van der Waals surface area contributed by atoms with Gasteiger partial charge in [-0.1, -0.05) is 24.3 Å². The number of nitrogens with two attached hydrogens (primary N) is 1. The highest BCUT2D eigenvalue weighted by Gasteiger charge is 2.19. The maximum absolute atomic E-state index is 6.03. The minimum Gasteiger partial charge on any atom is -0.379 e. The number of anilines is 2. The first kappa shape index (κ1) is 19.1. The summed E-state index contributed by atoms with van der Waals surface area (Å²) in [5.41, 5.74) is 9.29. The maximum atomic E-state index is 6.03. The molecule has 0 spiro atoms. The Balaban J connectivity index is 1.52. The summed E-state index contributed by atoms with van der Waals surface area (Å²) in [6, 6.07) is 11.1. The number of aromatic nitrogens is 2. The van der Waals surface area contributed by atoms with Crippen LogP contribution in [0.15, 0.2) is 30.3 Å². The van der Waals surface area contributed by atoms with Crippen molar-refractivity contribution in [3.63, 3.8) is 0 Å². The Morgan fingerprint density at radius 2 is 1.64 bits per heavy atom. The number of nitrogen functional groups attached to an aromatic ring is 1. The van der Waals surface area contributed by atoms with Gasteiger partial charge < -0.3 is 20.3 Å². The molecule has 150 valence electrons. The van der Waals surface area contributed by atoms with Crippen LogP contribution in [0.3, 0.4) is 0 Å². The van der Waals surface area contributed by atoms with Crippen LogP contribution in [0.2, 0.25) is 0 Å². The van der Waals surface area contributed by atoms with Crippen LogP contribution in [0.25, 0.3) is 11.3 Å². The normalized spacial score (nSPS) is 20.3. The Morgan fingerprint density at radius 1 is 0.964 bits per heavy atom. The summed E-state index contributed by atoms with van der Waals surface area (Å²) in [4.78, 5) is 16.0. The monoisotopic (exact) mass is 382 g/mol. The van der Waals surface area contributed by atoms with Crippen LogP contribution in [0.4, 0.5) is 11.8 Å². The maximum Gasteiger partial charge on any atom is 0.222 e. The minimum absolute atomic E-state index is 0.331. The zero-order valence-electron chi connectivity index (χ0n) is 16.8. The average Bonchev–Trinajstić information content (AvgIpc) is 2.74. The van der Waals surface area contributed by atoms with Crippen molar-refractivity contribution in [2.75, 3.05) is 70.2 Å². The first-order valence-corrected chi connectivity index (χ1v) is 10.1. The molecule has 3 heterocycles. The molecule has 2 N–H and O–H groups in total. The molecule has 7 nitrogen and oxygen atoms in total. The van der Waals surface area contributed by atoms with Crippen LogP contribution in [-0.2, 0) is 4.74 Å². The molecule has 0 aliphatic carbocycles. The molecule has 7 heteroatoms. The van der Waals surface area contributed by atoms with E-state index in [2.05, 4.69) is 69.0 Å². The molecular weight excluding hydrogens is 352 g/mol. The van der Waals surface area contributed by atoms with Crippen LogP contribution in [0.5, 0.6) is 0 Å². The molecule has 2 saturated heterocycles. The van der Waals surface area contributed by atoms with Gasteiger partial charge in [-0.2, -0.15) is 4.98 Å². The van der Waals surface area contributed by atoms with Crippen molar-refractivity contribution in [3.05, 3.63) is 35.9 Å². The van der Waals surface area contributed by atoms with E-state index < -0.39 is 0 Å². The molecule has 28 heavy (non-hydrogen) atoms. The number of morpholine rings is 1. The van der Waals surface area contributed by atoms with Gasteiger partial charge in [0.15, 0.2) is 0 Å². The molecule has 4 rings (SSSR count). The molecule has 1 aromatic heterocycles. The summed E-state index contributed by atoms with van der Waals surface area (Å²) in [5.74, 6) is 1.25. The Morgan fingerprint density at radius 3 is 2.32 bits per heavy atom. The van der Waals surface area contributed by atoms with Gasteiger partial charge in [0.2, 0.25) is 5.95 Å². The van der Waals surface area contributed by atoms with Gasteiger partial charge in [-0.3, -0.25) is 4.90 Å². The lowest BCUT2D eigenvalue weighted by Gasteiger charge is -2.33. The zero-order chi connectivity index (χ0) is 19.5. The first-order chi connectivity index (χ1) is 13.6. The van der Waals surface area contributed by atoms with Gasteiger partial charge in [-0.15, -0.1) is 0 Å². The molecule has 2 fully saturated rings. The van der Waals surface area contributed by atoms with Crippen molar-refractivity contribution < 1.29 is 4.74 Å². The van der Waals surface area contributed by atoms with Crippen molar-refractivity contribution in [2.45, 2.75) is 13.0 Å². The van der Waals surface area contributed by atoms with E-state index in [0.29, 0.717) is 12.0 Å². The summed E-state index contributed by atoms with van der Waals surface area (Å²) >= 11 is 0. The molecule has 1 atom stereocenters. The zero-order valence-corrected chi connectivity index (χ0v) is 16.8. The molecule has 2 aliphatic rings. The van der Waals surface area contributed by atoms with Crippen molar-refractivity contribution in [2.24, 2.45) is 0 Å². The molecule has 0 bridgehead atoms. The predicted octanol–water partition coefficient (Wildman–Crippen LogP) is 1.87. The molecule has 0 unspecified atom stereocenters. The van der Waals surface area contributed by atoms with E-state index in [1.54, 1.807) is 0 Å². The molecule has 2 aromatic rings. The van der Waals surface area contributed by atoms with Crippen molar-refractivity contribution >= 4 is 11.8 Å². The first-order valence-electron chi connectivity index (χ1n) is 10.1. The SMILES string of the molecule is C[C@@H](c1ccc(-c2cc(N3CCN(C)CC3)nc(N)n2)cc1)N1CCOCC1. The highest BCUT2D eigenvalue weighted by Crippen LogP contribution is 2.27. The topological polar surface area (TPSA) is 70.8 Å². The standard InChI is InChI=1S/C21H30N6O/c1-16(26-11-13-28-14-12-26)17-3-5-18(6-4-17)19-15-20(24-21(22)23-19)27-9-7-25(2)8-10-27/h3-6,15-16H,7-14H2,1-2H3,(H2,22,23,24)/t16-/m0/s1. The third-order valence-corrected chi connectivity index (χ3v) is 5.84. The summed E-state index contributed by atoms with van der Waals surface area (Å²) in [6.45, 7) is 9.86. The summed E-state index contributed by atoms with van der Waals surface area (Å²) in [6.07, 6.45) is 0. The van der Waals surface area contributed by atoms with Gasteiger partial charge >= 0.3 is 0 Å². The number of benzene rings is 1. The quantitative estimate of drug-likeness (QED) is 0.865. The largest absolute Gasteiger partial charge is 0.379 e. The van der Waals surface area contributed by atoms with E-state index in [1.807, 2.05) is 0 Å². The fourth-order valence-electron chi connectivity index (χ4n) is 3.91. The van der Waals surface area contributed by atoms with E-state index >= 15 is 0 Å². The summed E-state index contributed by atoms with van der Waals surface area (Å²) < 4.78 is 5.47. The molecule has 0 radical (unpaired) electrons. The van der Waals surface area contributed by atoms with E-state index in [0.717, 1.165) is 69.6 Å². The second-order valence-electron chi connectivity index (χ2n) is 7.71. The second-order valence-corrected chi connectivity index (χ2v) is 7.71. The molecular formula is C21H30N6O. The van der Waals surface area contributed by atoms with E-state index in [1.165, 1.54) is 5.56 Å². The fourth-order valence-corrected chi connectivity index (χ4v) is 3.91. The molecule has 2 aliphatic heterocycles. The molecule has 0 amide bonds. The van der Waals surface area contributed by atoms with Crippen LogP contribution < -0.4 is 10.6 Å². The summed E-state index contributed by atoms with van der Waals surface area (Å²) in [5, 5.41) is 0. The van der Waals surface area contributed by atoms with E-state index in [9.17, 15) is 0 Å². The third kappa shape index (κ3) is 4.27. The van der Waals surface area contributed by atoms with Crippen LogP contribution in [0.1, 0.15) is 18.5 Å². The van der Waals surface area contributed by atoms with E-state index in [-0.39, 0.29) is 0 Å². The van der Waals surface area contributed by atoms with Gasteiger partial charge in [0.25, 0.3) is 0 Å². The fraction of sp³-hybridized carbons (Fsp3) is 0.524. The Kier molecular flexibility index (Phi) is 5.75. The minimum atomic E-state index is 0.331. The van der Waals surface area contributed by atoms with Gasteiger partial charge in [-0.05, 0) is 19.5 Å². The smallest absolute Gasteiger partial charge is 0.222 e. The van der Waals surface area contributed by atoms with Crippen molar-refractivity contribution in [3.8, 4) is 11.3 Å². The Bertz CT molecular complexity index is 782. The highest BCUT2D eigenvalue weighted by atomic mass is 16.5.